The lowest BCUT2D eigenvalue weighted by Crippen LogP contribution is -2.34. The van der Waals surface area contributed by atoms with E-state index < -0.39 is 11.7 Å². The highest BCUT2D eigenvalue weighted by atomic mass is 19.4. The zero-order valence-electron chi connectivity index (χ0n) is 15.5. The predicted octanol–water partition coefficient (Wildman–Crippen LogP) is 4.58. The third-order valence-corrected chi connectivity index (χ3v) is 5.21. The van der Waals surface area contributed by atoms with E-state index >= 15 is 0 Å². The molecule has 0 radical (unpaired) electrons. The van der Waals surface area contributed by atoms with Crippen molar-refractivity contribution >= 4 is 11.1 Å². The lowest BCUT2D eigenvalue weighted by atomic mass is 9.91. The van der Waals surface area contributed by atoms with Gasteiger partial charge >= 0.3 is 6.18 Å². The lowest BCUT2D eigenvalue weighted by molar-refractivity contribution is -0.136. The van der Waals surface area contributed by atoms with Gasteiger partial charge in [0.15, 0.2) is 0 Å². The quantitative estimate of drug-likeness (QED) is 0.653. The first-order valence-electron chi connectivity index (χ1n) is 9.43. The molecule has 1 aliphatic heterocycles. The van der Waals surface area contributed by atoms with Gasteiger partial charge in [-0.05, 0) is 43.5 Å². The largest absolute Gasteiger partial charge is 0.417 e. The Balaban J connectivity index is 1.67. The molecule has 1 aliphatic rings. The van der Waals surface area contributed by atoms with Gasteiger partial charge in [-0.1, -0.05) is 18.1 Å². The average molecular weight is 390 g/mol. The smallest absolute Gasteiger partial charge is 0.336 e. The van der Waals surface area contributed by atoms with Gasteiger partial charge in [-0.2, -0.15) is 13.2 Å². The molecule has 1 unspecified atom stereocenters. The maximum atomic E-state index is 13.7. The number of rotatable bonds is 4. The SMILES string of the molecule is CCc1cc(C(F)(F)F)c2c(C3CCCN(Cc4cccnc4)C3)noc2n1. The second kappa shape index (κ2) is 7.50. The Morgan fingerprint density at radius 1 is 1.32 bits per heavy atom. The number of hydrogen-bond donors (Lipinski definition) is 0. The van der Waals surface area contributed by atoms with Crippen molar-refractivity contribution in [3.63, 3.8) is 0 Å². The number of halogens is 3. The van der Waals surface area contributed by atoms with Crippen LogP contribution in [0.1, 0.15) is 48.2 Å². The minimum atomic E-state index is -4.48. The summed E-state index contributed by atoms with van der Waals surface area (Å²) in [6.45, 7) is 4.00. The Hall–Kier alpha value is -2.48. The molecule has 0 aromatic carbocycles. The summed E-state index contributed by atoms with van der Waals surface area (Å²) < 4.78 is 46.4. The summed E-state index contributed by atoms with van der Waals surface area (Å²) in [6.07, 6.45) is 1.12. The fraction of sp³-hybridized carbons (Fsp3) is 0.450. The van der Waals surface area contributed by atoms with Crippen LogP contribution in [0.2, 0.25) is 0 Å². The predicted molar refractivity (Wildman–Crippen MR) is 97.7 cm³/mol. The molecule has 0 saturated carbocycles. The van der Waals surface area contributed by atoms with Gasteiger partial charge in [0.05, 0.1) is 16.6 Å². The van der Waals surface area contributed by atoms with Gasteiger partial charge in [0, 0.05) is 37.1 Å². The van der Waals surface area contributed by atoms with E-state index in [4.69, 9.17) is 4.52 Å². The van der Waals surface area contributed by atoms with Crippen molar-refractivity contribution in [1.82, 2.24) is 20.0 Å². The van der Waals surface area contributed by atoms with E-state index in [1.807, 2.05) is 18.3 Å². The highest BCUT2D eigenvalue weighted by molar-refractivity contribution is 5.81. The van der Waals surface area contributed by atoms with Crippen LogP contribution in [0.25, 0.3) is 11.1 Å². The van der Waals surface area contributed by atoms with Crippen LogP contribution in [-0.4, -0.2) is 33.1 Å². The van der Waals surface area contributed by atoms with Crippen molar-refractivity contribution in [2.24, 2.45) is 0 Å². The first-order chi connectivity index (χ1) is 13.5. The van der Waals surface area contributed by atoms with Gasteiger partial charge in [-0.15, -0.1) is 0 Å². The summed E-state index contributed by atoms with van der Waals surface area (Å²) in [5, 5.41) is 4.05. The van der Waals surface area contributed by atoms with Crippen LogP contribution in [0.4, 0.5) is 13.2 Å². The molecule has 0 spiro atoms. The molecular weight excluding hydrogens is 369 g/mol. The van der Waals surface area contributed by atoms with Crippen LogP contribution in [0.15, 0.2) is 35.1 Å². The van der Waals surface area contributed by atoms with Crippen LogP contribution >= 0.6 is 0 Å². The Bertz CT molecular complexity index is 955. The third kappa shape index (κ3) is 3.73. The highest BCUT2D eigenvalue weighted by Crippen LogP contribution is 2.40. The molecule has 3 aromatic heterocycles. The van der Waals surface area contributed by atoms with E-state index in [-0.39, 0.29) is 17.0 Å². The Morgan fingerprint density at radius 3 is 2.89 bits per heavy atom. The number of fused-ring (bicyclic) bond motifs is 1. The van der Waals surface area contributed by atoms with E-state index in [0.717, 1.165) is 31.0 Å². The second-order valence-corrected chi connectivity index (χ2v) is 7.20. The standard InChI is InChI=1S/C20H21F3N4O/c1-2-15-9-16(20(21,22)23)17-18(26-28-19(17)25-15)14-6-4-8-27(12-14)11-13-5-3-7-24-10-13/h3,5,7,9-10,14H,2,4,6,8,11-12H2,1H3. The first-order valence-corrected chi connectivity index (χ1v) is 9.43. The van der Waals surface area contributed by atoms with Gasteiger partial charge in [0.2, 0.25) is 0 Å². The van der Waals surface area contributed by atoms with Crippen LogP contribution in [0.3, 0.4) is 0 Å². The minimum absolute atomic E-state index is 0.0120. The van der Waals surface area contributed by atoms with Gasteiger partial charge in [0.25, 0.3) is 5.71 Å². The number of piperidine rings is 1. The van der Waals surface area contributed by atoms with Gasteiger partial charge in [0.1, 0.15) is 0 Å². The molecule has 0 bridgehead atoms. The molecule has 0 amide bonds. The van der Waals surface area contributed by atoms with Gasteiger partial charge in [-0.3, -0.25) is 9.88 Å². The summed E-state index contributed by atoms with van der Waals surface area (Å²) in [4.78, 5) is 10.6. The zero-order valence-corrected chi connectivity index (χ0v) is 15.5. The molecule has 4 heterocycles. The van der Waals surface area contributed by atoms with Crippen molar-refractivity contribution in [3.05, 3.63) is 53.1 Å². The van der Waals surface area contributed by atoms with Crippen LogP contribution < -0.4 is 0 Å². The highest BCUT2D eigenvalue weighted by Gasteiger charge is 2.37. The van der Waals surface area contributed by atoms with E-state index in [0.29, 0.717) is 30.9 Å². The number of hydrogen-bond acceptors (Lipinski definition) is 5. The number of aromatic nitrogens is 3. The molecule has 1 fully saturated rings. The molecule has 3 aromatic rings. The number of pyridine rings is 2. The molecule has 4 rings (SSSR count). The summed E-state index contributed by atoms with van der Waals surface area (Å²) in [6, 6.07) is 5.01. The minimum Gasteiger partial charge on any atom is -0.336 e. The maximum absolute atomic E-state index is 13.7. The van der Waals surface area contributed by atoms with Crippen molar-refractivity contribution in [3.8, 4) is 0 Å². The topological polar surface area (TPSA) is 55.1 Å². The van der Waals surface area contributed by atoms with E-state index in [2.05, 4.69) is 20.0 Å². The third-order valence-electron chi connectivity index (χ3n) is 5.21. The Morgan fingerprint density at radius 2 is 2.18 bits per heavy atom. The monoisotopic (exact) mass is 390 g/mol. The van der Waals surface area contributed by atoms with Crippen molar-refractivity contribution in [2.45, 2.75) is 44.8 Å². The lowest BCUT2D eigenvalue weighted by Gasteiger charge is -2.32. The Labute approximate surface area is 160 Å². The van der Waals surface area contributed by atoms with E-state index in [1.165, 1.54) is 0 Å². The molecule has 5 nitrogen and oxygen atoms in total. The average Bonchev–Trinajstić information content (AvgIpc) is 3.11. The number of likely N-dealkylation sites (tertiary alicyclic amines) is 1. The maximum Gasteiger partial charge on any atom is 0.417 e. The number of alkyl halides is 3. The van der Waals surface area contributed by atoms with Gasteiger partial charge < -0.3 is 4.52 Å². The number of nitrogens with zero attached hydrogens (tertiary/aromatic N) is 4. The molecule has 1 atom stereocenters. The number of aryl methyl sites for hydroxylation is 1. The second-order valence-electron chi connectivity index (χ2n) is 7.20. The van der Waals surface area contributed by atoms with Crippen LogP contribution in [0, 0.1) is 0 Å². The van der Waals surface area contributed by atoms with E-state index in [1.54, 1.807) is 13.1 Å². The first kappa shape index (κ1) is 18.9. The van der Waals surface area contributed by atoms with Gasteiger partial charge in [-0.25, -0.2) is 4.98 Å². The molecule has 148 valence electrons. The normalized spacial score (nSPS) is 18.6. The summed E-state index contributed by atoms with van der Waals surface area (Å²) >= 11 is 0. The summed E-state index contributed by atoms with van der Waals surface area (Å²) in [7, 11) is 0. The fourth-order valence-electron chi connectivity index (χ4n) is 3.88. The summed E-state index contributed by atoms with van der Waals surface area (Å²) in [5.41, 5.74) is 1.08. The van der Waals surface area contributed by atoms with E-state index in [9.17, 15) is 13.2 Å². The molecular formula is C20H21F3N4O. The zero-order chi connectivity index (χ0) is 19.7. The molecule has 1 saturated heterocycles. The van der Waals surface area contributed by atoms with Crippen LogP contribution in [0.5, 0.6) is 0 Å². The molecule has 8 heteroatoms. The van der Waals surface area contributed by atoms with Crippen molar-refractivity contribution in [1.29, 1.82) is 0 Å². The molecule has 0 N–H and O–H groups in total. The summed E-state index contributed by atoms with van der Waals surface area (Å²) in [5.74, 6) is -0.123. The fourth-order valence-corrected chi connectivity index (χ4v) is 3.88. The van der Waals surface area contributed by atoms with Crippen molar-refractivity contribution < 1.29 is 17.7 Å². The molecule has 0 aliphatic carbocycles. The van der Waals surface area contributed by atoms with Crippen molar-refractivity contribution in [2.75, 3.05) is 13.1 Å². The Kier molecular flexibility index (Phi) is 5.05. The van der Waals surface area contributed by atoms with Crippen LogP contribution in [-0.2, 0) is 19.1 Å². The molecule has 28 heavy (non-hydrogen) atoms.